The zero-order valence-corrected chi connectivity index (χ0v) is 13.7. The zero-order chi connectivity index (χ0) is 14.8. The maximum absolute atomic E-state index is 11.3. The van der Waals surface area contributed by atoms with Crippen LogP contribution in [0.25, 0.3) is 0 Å². The van der Waals surface area contributed by atoms with E-state index in [1.807, 2.05) is 41.9 Å². The topological polar surface area (TPSA) is 66.4 Å². The highest BCUT2D eigenvalue weighted by molar-refractivity contribution is 5.85. The molecule has 0 bridgehead atoms. The molecule has 0 aromatic carbocycles. The summed E-state index contributed by atoms with van der Waals surface area (Å²) < 4.78 is 5.91. The summed E-state index contributed by atoms with van der Waals surface area (Å²) in [6.45, 7) is 7.31. The quantitative estimate of drug-likeness (QED) is 0.550. The summed E-state index contributed by atoms with van der Waals surface area (Å²) in [6.07, 6.45) is -0.300. The van der Waals surface area contributed by atoms with E-state index >= 15 is 0 Å². The van der Waals surface area contributed by atoms with Gasteiger partial charge >= 0.3 is 5.97 Å². The van der Waals surface area contributed by atoms with E-state index in [4.69, 9.17) is 4.74 Å². The Bertz CT molecular complexity index is 313. The van der Waals surface area contributed by atoms with E-state index in [1.165, 1.54) is 6.92 Å². The average Bonchev–Trinajstić information content (AvgIpc) is 1.93. The van der Waals surface area contributed by atoms with Gasteiger partial charge in [0, 0.05) is 24.7 Å². The number of carbonyl (C=O) groups is 2. The Morgan fingerprint density at radius 1 is 1.16 bits per heavy atom. The number of carboxylic acids is 1. The third-order valence-corrected chi connectivity index (χ3v) is 2.87. The molecule has 0 rings (SSSR count). The molecule has 0 spiro atoms. The number of ether oxygens (including phenoxy) is 1. The first kappa shape index (κ1) is 20.5. The molecule has 0 saturated carbocycles. The van der Waals surface area contributed by atoms with Gasteiger partial charge in [-0.1, -0.05) is 20.8 Å². The Balaban J connectivity index is 0. The van der Waals surface area contributed by atoms with Crippen molar-refractivity contribution < 1.29 is 23.9 Å². The van der Waals surface area contributed by atoms with Gasteiger partial charge < -0.3 is 19.1 Å². The summed E-state index contributed by atoms with van der Waals surface area (Å²) in [6, 6.07) is 0. The third kappa shape index (κ3) is 6.78. The van der Waals surface area contributed by atoms with E-state index in [2.05, 4.69) is 0 Å². The van der Waals surface area contributed by atoms with E-state index in [9.17, 15) is 14.7 Å². The maximum atomic E-state index is 11.3. The van der Waals surface area contributed by atoms with Crippen LogP contribution in [0.2, 0.25) is 0 Å². The smallest absolute Gasteiger partial charge is 0.303 e. The van der Waals surface area contributed by atoms with Crippen LogP contribution in [-0.4, -0.2) is 49.7 Å². The number of quaternary nitrogens is 1. The van der Waals surface area contributed by atoms with Gasteiger partial charge in [-0.15, -0.1) is 12.4 Å². The Labute approximate surface area is 121 Å². The predicted molar refractivity (Wildman–Crippen MR) is 73.7 cm³/mol. The van der Waals surface area contributed by atoms with Crippen molar-refractivity contribution in [2.75, 3.05) is 27.7 Å². The van der Waals surface area contributed by atoms with Crippen molar-refractivity contribution in [2.24, 2.45) is 5.41 Å². The molecule has 1 atom stereocenters. The van der Waals surface area contributed by atoms with Gasteiger partial charge in [0.1, 0.15) is 6.54 Å². The number of hydrogen-bond acceptors (Lipinski definition) is 4. The normalized spacial score (nSPS) is 15.1. The number of hydrogen-bond donors (Lipinski definition) is 0. The first-order chi connectivity index (χ1) is 7.79. The van der Waals surface area contributed by atoms with Crippen LogP contribution in [0, 0.1) is 5.41 Å². The van der Waals surface area contributed by atoms with Crippen LogP contribution < -0.4 is 5.11 Å². The molecular formula is C13H26ClNO4. The molecule has 0 radical (unpaired) electrons. The lowest BCUT2D eigenvalue weighted by Gasteiger charge is -2.46. The second-order valence-corrected chi connectivity index (χ2v) is 6.84. The summed E-state index contributed by atoms with van der Waals surface area (Å²) in [7, 11) is 5.79. The van der Waals surface area contributed by atoms with Gasteiger partial charge in [-0.25, -0.2) is 0 Å². The Morgan fingerprint density at radius 2 is 1.58 bits per heavy atom. The first-order valence-electron chi connectivity index (χ1n) is 5.99. The Morgan fingerprint density at radius 3 is 1.79 bits per heavy atom. The zero-order valence-electron chi connectivity index (χ0n) is 12.9. The lowest BCUT2D eigenvalue weighted by molar-refractivity contribution is -0.878. The van der Waals surface area contributed by atoms with Gasteiger partial charge in [-0.2, -0.15) is 0 Å². The van der Waals surface area contributed by atoms with E-state index in [1.54, 1.807) is 0 Å². The predicted octanol–water partition coefficient (Wildman–Crippen LogP) is 0.602. The first-order valence-corrected chi connectivity index (χ1v) is 5.99. The monoisotopic (exact) mass is 295 g/mol. The Hall–Kier alpha value is -0.810. The molecule has 0 saturated heterocycles. The van der Waals surface area contributed by atoms with Crippen LogP contribution in [0.5, 0.6) is 0 Å². The summed E-state index contributed by atoms with van der Waals surface area (Å²) in [5.41, 5.74) is -1.57. The van der Waals surface area contributed by atoms with Crippen molar-refractivity contribution in [1.29, 1.82) is 0 Å². The van der Waals surface area contributed by atoms with Crippen LogP contribution in [0.1, 0.15) is 34.1 Å². The standard InChI is InChI=1S/C13H25NO4.ClH/c1-10(15)18-13(8-11(16)17,12(2,3)4)9-14(5,6)7;/h8-9H2,1-7H3;1H. The molecule has 19 heavy (non-hydrogen) atoms. The lowest BCUT2D eigenvalue weighted by atomic mass is 9.73. The van der Waals surface area contributed by atoms with Crippen molar-refractivity contribution in [3.63, 3.8) is 0 Å². The van der Waals surface area contributed by atoms with E-state index in [0.717, 1.165) is 0 Å². The highest BCUT2D eigenvalue weighted by atomic mass is 35.5. The SMILES string of the molecule is CC(=O)OC(CC(=O)[O-])(C[N+](C)(C)C)C(C)(C)C.Cl. The molecule has 0 aliphatic heterocycles. The number of rotatable bonds is 5. The second-order valence-electron chi connectivity index (χ2n) is 6.84. The molecule has 0 amide bonds. The van der Waals surface area contributed by atoms with Crippen molar-refractivity contribution in [1.82, 2.24) is 0 Å². The van der Waals surface area contributed by atoms with Crippen molar-refractivity contribution in [3.8, 4) is 0 Å². The van der Waals surface area contributed by atoms with E-state index in [-0.39, 0.29) is 18.8 Å². The summed E-state index contributed by atoms with van der Waals surface area (Å²) in [5.74, 6) is -1.68. The fourth-order valence-corrected chi connectivity index (χ4v) is 2.05. The van der Waals surface area contributed by atoms with E-state index < -0.39 is 23.0 Å². The maximum Gasteiger partial charge on any atom is 0.303 e. The number of carboxylic acid groups (broad SMARTS) is 1. The van der Waals surface area contributed by atoms with Gasteiger partial charge in [0.2, 0.25) is 0 Å². The molecular weight excluding hydrogens is 270 g/mol. The van der Waals surface area contributed by atoms with Gasteiger partial charge in [-0.3, -0.25) is 4.79 Å². The Kier molecular flexibility index (Phi) is 7.09. The molecule has 0 fully saturated rings. The fraction of sp³-hybridized carbons (Fsp3) is 0.846. The molecule has 0 aromatic heterocycles. The molecule has 0 N–H and O–H groups in total. The van der Waals surface area contributed by atoms with Crippen LogP contribution in [-0.2, 0) is 14.3 Å². The molecule has 0 aliphatic carbocycles. The van der Waals surface area contributed by atoms with Crippen LogP contribution in [0.4, 0.5) is 0 Å². The second kappa shape index (κ2) is 6.57. The van der Waals surface area contributed by atoms with Crippen LogP contribution >= 0.6 is 12.4 Å². The van der Waals surface area contributed by atoms with Crippen molar-refractivity contribution in [2.45, 2.75) is 39.7 Å². The van der Waals surface area contributed by atoms with Crippen LogP contribution in [0.15, 0.2) is 0 Å². The molecule has 114 valence electrons. The fourth-order valence-electron chi connectivity index (χ4n) is 2.05. The van der Waals surface area contributed by atoms with Gasteiger partial charge in [-0.05, 0) is 0 Å². The summed E-state index contributed by atoms with van der Waals surface area (Å²) in [4.78, 5) is 22.4. The highest BCUT2D eigenvalue weighted by Gasteiger charge is 2.49. The third-order valence-electron chi connectivity index (χ3n) is 2.87. The largest absolute Gasteiger partial charge is 0.550 e. The van der Waals surface area contributed by atoms with Crippen molar-refractivity contribution >= 4 is 24.3 Å². The molecule has 0 heterocycles. The van der Waals surface area contributed by atoms with Crippen molar-refractivity contribution in [3.05, 3.63) is 0 Å². The minimum absolute atomic E-state index is 0. The molecule has 0 aliphatic rings. The average molecular weight is 296 g/mol. The minimum Gasteiger partial charge on any atom is -0.550 e. The van der Waals surface area contributed by atoms with Gasteiger partial charge in [0.05, 0.1) is 21.1 Å². The highest BCUT2D eigenvalue weighted by Crippen LogP contribution is 2.38. The minimum atomic E-state index is -1.21. The number of nitrogens with zero attached hydrogens (tertiary/aromatic N) is 1. The molecule has 1 unspecified atom stereocenters. The number of aliphatic carboxylic acids is 1. The number of carbonyl (C=O) groups excluding carboxylic acids is 2. The number of halogens is 1. The van der Waals surface area contributed by atoms with Crippen LogP contribution in [0.3, 0.4) is 0 Å². The summed E-state index contributed by atoms with van der Waals surface area (Å²) >= 11 is 0. The van der Waals surface area contributed by atoms with Gasteiger partial charge in [0.25, 0.3) is 0 Å². The van der Waals surface area contributed by atoms with E-state index in [0.29, 0.717) is 11.0 Å². The number of esters is 1. The molecule has 6 heteroatoms. The van der Waals surface area contributed by atoms with Gasteiger partial charge in [0.15, 0.2) is 5.60 Å². The number of likely N-dealkylation sites (N-methyl/N-ethyl adjacent to an activating group) is 1. The molecule has 0 aromatic rings. The lowest BCUT2D eigenvalue weighted by Crippen LogP contribution is -2.60. The summed E-state index contributed by atoms with van der Waals surface area (Å²) in [5, 5.41) is 11.0. The molecule has 5 nitrogen and oxygen atoms in total.